The highest BCUT2D eigenvalue weighted by Gasteiger charge is 2.28. The molecule has 9 rings (SSSR count). The molecule has 5 aliphatic heterocycles. The maximum atomic E-state index is 6.38. The Bertz CT molecular complexity index is 3310. The summed E-state index contributed by atoms with van der Waals surface area (Å²) < 4.78 is 28.0. The van der Waals surface area contributed by atoms with Gasteiger partial charge in [0, 0.05) is 41.6 Å². The van der Waals surface area contributed by atoms with Gasteiger partial charge in [-0.15, -0.1) is 0 Å². The Kier molecular flexibility index (Phi) is 27.3. The molecule has 0 spiro atoms. The van der Waals surface area contributed by atoms with E-state index in [0.29, 0.717) is 26.4 Å². The van der Waals surface area contributed by atoms with Crippen LogP contribution in [0.5, 0.6) is 23.0 Å². The lowest BCUT2D eigenvalue weighted by atomic mass is 9.98. The molecular formula is C75H96Cl3N7O4. The fraction of sp³-hybridized carbons (Fsp3) is 0.413. The van der Waals surface area contributed by atoms with Gasteiger partial charge in [-0.05, 0) is 126 Å². The first-order valence-corrected chi connectivity index (χ1v) is 31.9. The third-order valence-corrected chi connectivity index (χ3v) is 15.9. The van der Waals surface area contributed by atoms with Crippen molar-refractivity contribution < 1.29 is 69.6 Å². The Balaban J connectivity index is 0.00000421. The molecule has 0 saturated heterocycles. The fourth-order valence-electron chi connectivity index (χ4n) is 11.3. The number of hydrogen-bond acceptors (Lipinski definition) is 8. The van der Waals surface area contributed by atoms with E-state index in [4.69, 9.17) is 38.9 Å². The minimum absolute atomic E-state index is 0. The van der Waals surface area contributed by atoms with Gasteiger partial charge < -0.3 is 69.6 Å². The molecule has 0 amide bonds. The minimum atomic E-state index is 0. The quantitative estimate of drug-likeness (QED) is 0.0398. The number of benzene rings is 4. The first-order chi connectivity index (χ1) is 41.5. The van der Waals surface area contributed by atoms with Crippen LogP contribution in [-0.4, -0.2) is 146 Å². The lowest BCUT2D eigenvalue weighted by molar-refractivity contribution is -0.870. The highest BCUT2D eigenvalue weighted by Crippen LogP contribution is 2.40. The molecule has 0 unspecified atom stereocenters. The van der Waals surface area contributed by atoms with Gasteiger partial charge in [0.05, 0.1) is 155 Å². The molecule has 0 N–H and O–H groups in total. The smallest absolute Gasteiger partial charge is 0.119 e. The van der Waals surface area contributed by atoms with Crippen LogP contribution < -0.4 is 56.2 Å². The van der Waals surface area contributed by atoms with Crippen LogP contribution in [-0.2, 0) is 0 Å². The number of rotatable bonds is 32. The van der Waals surface area contributed by atoms with Crippen LogP contribution in [0.4, 0.5) is 0 Å². The van der Waals surface area contributed by atoms with Gasteiger partial charge in [0.2, 0.25) is 0 Å². The van der Waals surface area contributed by atoms with E-state index in [1.165, 1.54) is 64.2 Å². The fourth-order valence-corrected chi connectivity index (χ4v) is 11.3. The number of fused-ring (bicyclic) bond motifs is 4. The third kappa shape index (κ3) is 21.3. The summed E-state index contributed by atoms with van der Waals surface area (Å²) in [6, 6.07) is 33.7. The number of hydrogen-bond donors (Lipinski definition) is 0. The van der Waals surface area contributed by atoms with Gasteiger partial charge in [0.15, 0.2) is 0 Å². The zero-order valence-corrected chi connectivity index (χ0v) is 56.9. The largest absolute Gasteiger partial charge is 1.00 e. The van der Waals surface area contributed by atoms with E-state index >= 15 is 0 Å². The number of quaternary nitrogens is 3. The van der Waals surface area contributed by atoms with E-state index in [-0.39, 0.29) is 37.2 Å². The second kappa shape index (κ2) is 34.0. The Morgan fingerprint density at radius 1 is 0.270 bits per heavy atom. The van der Waals surface area contributed by atoms with Crippen LogP contribution in [0.2, 0.25) is 0 Å². The molecule has 0 fully saturated rings. The van der Waals surface area contributed by atoms with E-state index in [1.807, 2.05) is 0 Å². The van der Waals surface area contributed by atoms with Gasteiger partial charge in [-0.3, -0.25) is 0 Å². The molecular weight excluding hydrogens is 1170 g/mol. The van der Waals surface area contributed by atoms with Gasteiger partial charge in [0.25, 0.3) is 0 Å². The lowest BCUT2D eigenvalue weighted by Gasteiger charge is -2.23. The number of allylic oxidation sites excluding steroid dienone is 12. The number of ether oxygens (including phenoxy) is 4. The zero-order chi connectivity index (χ0) is 60.5. The van der Waals surface area contributed by atoms with Crippen molar-refractivity contribution in [2.45, 2.75) is 96.8 Å². The summed E-state index contributed by atoms with van der Waals surface area (Å²) in [5, 5.41) is 0. The number of halogens is 3. The molecule has 4 aromatic rings. The molecule has 0 atom stereocenters. The maximum absolute atomic E-state index is 6.38. The van der Waals surface area contributed by atoms with Crippen molar-refractivity contribution in [2.24, 2.45) is 20.0 Å². The monoisotopic (exact) mass is 1260 g/mol. The van der Waals surface area contributed by atoms with Crippen LogP contribution in [0.25, 0.3) is 22.3 Å². The normalized spacial score (nSPS) is 15.2. The maximum Gasteiger partial charge on any atom is 0.119 e. The van der Waals surface area contributed by atoms with E-state index < -0.39 is 0 Å². The van der Waals surface area contributed by atoms with E-state index in [9.17, 15) is 0 Å². The summed E-state index contributed by atoms with van der Waals surface area (Å²) in [6.45, 7) is 8.01. The summed E-state index contributed by atoms with van der Waals surface area (Å²) in [4.78, 5) is 22.2. The Labute approximate surface area is 551 Å². The molecule has 8 bridgehead atoms. The Morgan fingerprint density at radius 3 is 0.708 bits per heavy atom. The summed E-state index contributed by atoms with van der Waals surface area (Å²) in [7, 11) is 19.9. The average molecular weight is 1270 g/mol. The molecule has 0 aliphatic carbocycles. The van der Waals surface area contributed by atoms with Crippen molar-refractivity contribution in [1.29, 1.82) is 0 Å². The van der Waals surface area contributed by atoms with E-state index in [2.05, 4.69) is 216 Å². The standard InChI is InChI=1S/C75H96N7O4.3ClH/c1-11-12-13-14-15-16-17-18-19-20-21-52-83-60-33-25-56(26-34-60)72-64-41-43-66(76-64)73(57-27-35-61(36-28-57)84-53-22-49-80(2,3)4)68-45-47-70(78-68)75(59-31-39-63(40-32-59)86-55-24-51-82(8,9)10)71-48-46-69(79-71)74(67-44-42-65(72)77-67)58-29-37-62(38-30-58)85-54-23-50-81(5,6)7;;;/h25-48H,11-24,49-55H2,1-10H3;3*1H/q+3;;;/p-3. The highest BCUT2D eigenvalue weighted by atomic mass is 35.5. The van der Waals surface area contributed by atoms with Crippen LogP contribution in [0.15, 0.2) is 188 Å². The van der Waals surface area contributed by atoms with Gasteiger partial charge in [0.1, 0.15) is 23.0 Å². The number of nitrogens with zero attached hydrogens (tertiary/aromatic N) is 7. The summed E-state index contributed by atoms with van der Waals surface area (Å²) >= 11 is 0. The zero-order valence-electron chi connectivity index (χ0n) is 54.6. The molecule has 476 valence electrons. The van der Waals surface area contributed by atoms with Crippen molar-refractivity contribution >= 4 is 45.1 Å². The average Bonchev–Trinajstić information content (AvgIpc) is 2.80. The van der Waals surface area contributed by atoms with E-state index in [1.54, 1.807) is 0 Å². The Morgan fingerprint density at radius 2 is 0.483 bits per heavy atom. The third-order valence-electron chi connectivity index (χ3n) is 15.9. The van der Waals surface area contributed by atoms with Crippen molar-refractivity contribution in [3.8, 4) is 23.0 Å². The van der Waals surface area contributed by atoms with Gasteiger partial charge in [-0.25, -0.2) is 20.0 Å². The minimum Gasteiger partial charge on any atom is -1.00 e. The SMILES string of the molecule is CCCCCCCCCCCCCOc1ccc(C2=C3C=CC(=N3)C(c3ccc(OCCC[N+](C)(C)C)cc3)=C3C=CC(=N3)C(c3ccc(OCCC[N+](C)(C)C)cc3)=C3C=CC(=N3)C(c3ccc(OCCC[N+](C)(C)C)cc3)=C3C=CC2=N3)cc1.[Cl-].[Cl-].[Cl-]. The second-order valence-electron chi connectivity index (χ2n) is 26.5. The number of unbranched alkanes of at least 4 members (excludes halogenated alkanes) is 10. The van der Waals surface area contributed by atoms with Crippen molar-refractivity contribution in [2.75, 3.05) is 109 Å². The van der Waals surface area contributed by atoms with Crippen LogP contribution in [0, 0.1) is 0 Å². The molecule has 89 heavy (non-hydrogen) atoms. The first-order valence-electron chi connectivity index (χ1n) is 31.9. The predicted molar refractivity (Wildman–Crippen MR) is 361 cm³/mol. The molecule has 0 aromatic heterocycles. The molecule has 11 nitrogen and oxygen atoms in total. The number of aliphatic imine (C=N–C) groups is 4. The molecule has 5 heterocycles. The predicted octanol–water partition coefficient (Wildman–Crippen LogP) is 6.82. The second-order valence-corrected chi connectivity index (χ2v) is 26.5. The van der Waals surface area contributed by atoms with Crippen molar-refractivity contribution in [3.63, 3.8) is 0 Å². The van der Waals surface area contributed by atoms with Gasteiger partial charge >= 0.3 is 0 Å². The molecule has 0 saturated carbocycles. The summed E-state index contributed by atoms with van der Waals surface area (Å²) in [6.07, 6.45) is 34.2. The van der Waals surface area contributed by atoms with Gasteiger partial charge in [-0.1, -0.05) is 120 Å². The van der Waals surface area contributed by atoms with Crippen LogP contribution in [0.1, 0.15) is 119 Å². The van der Waals surface area contributed by atoms with Gasteiger partial charge in [-0.2, -0.15) is 0 Å². The first kappa shape index (κ1) is 71.5. The van der Waals surface area contributed by atoms with Crippen molar-refractivity contribution in [1.82, 2.24) is 0 Å². The van der Waals surface area contributed by atoms with Crippen LogP contribution >= 0.6 is 0 Å². The molecule has 4 aromatic carbocycles. The highest BCUT2D eigenvalue weighted by molar-refractivity contribution is 6.39. The molecule has 5 aliphatic rings. The molecule has 14 heteroatoms. The van der Waals surface area contributed by atoms with E-state index in [0.717, 1.165) is 172 Å². The van der Waals surface area contributed by atoms with Crippen LogP contribution in [0.3, 0.4) is 0 Å². The topological polar surface area (TPSA) is 86.4 Å². The summed E-state index contributed by atoms with van der Waals surface area (Å²) in [5.74, 6) is 3.35. The van der Waals surface area contributed by atoms with Crippen molar-refractivity contribution in [3.05, 3.63) is 191 Å². The lowest BCUT2D eigenvalue weighted by Crippen LogP contribution is -3.00. The molecule has 0 radical (unpaired) electrons. The Hall–Kier alpha value is -6.57. The summed E-state index contributed by atoms with van der Waals surface area (Å²) in [5.41, 5.74) is 14.0.